The Morgan fingerprint density at radius 2 is 2.05 bits per heavy atom. The zero-order valence-electron chi connectivity index (χ0n) is 12.8. The normalized spacial score (nSPS) is 17.0. The van der Waals surface area contributed by atoms with Crippen LogP contribution >= 0.6 is 11.6 Å². The van der Waals surface area contributed by atoms with Gasteiger partial charge in [0, 0.05) is 32.4 Å². The highest BCUT2D eigenvalue weighted by molar-refractivity contribution is 6.30. The molecular formula is C15H20ClN5O. The smallest absolute Gasteiger partial charge is 0.284 e. The zero-order chi connectivity index (χ0) is 15.7. The summed E-state index contributed by atoms with van der Waals surface area (Å²) in [5.41, 5.74) is 5.09. The van der Waals surface area contributed by atoms with Crippen LogP contribution in [0.15, 0.2) is 18.3 Å². The van der Waals surface area contributed by atoms with E-state index in [0.717, 1.165) is 37.5 Å². The van der Waals surface area contributed by atoms with Crippen LogP contribution in [-0.4, -0.2) is 58.4 Å². The van der Waals surface area contributed by atoms with E-state index in [1.54, 1.807) is 16.7 Å². The van der Waals surface area contributed by atoms with Crippen LogP contribution in [0.5, 0.6) is 0 Å². The molecule has 7 heteroatoms. The van der Waals surface area contributed by atoms with Crippen molar-refractivity contribution in [1.82, 2.24) is 24.7 Å². The summed E-state index contributed by atoms with van der Waals surface area (Å²) in [6.07, 6.45) is 2.44. The highest BCUT2D eigenvalue weighted by Gasteiger charge is 2.22. The molecular weight excluding hydrogens is 302 g/mol. The standard InChI is InChI=1S/C15H20ClN5O/c1-3-12-14(21-10-11(16)4-5-13(21)17-12)15(22)18-20-8-6-19(2)7-9-20/h4-5,10H,3,6-9H2,1-2H3,(H,18,22). The number of likely N-dealkylation sites (N-methyl/N-ethyl adjacent to an activating group) is 1. The minimum atomic E-state index is -0.129. The Kier molecular flexibility index (Phi) is 4.33. The summed E-state index contributed by atoms with van der Waals surface area (Å²) in [7, 11) is 2.08. The van der Waals surface area contributed by atoms with Crippen LogP contribution in [0.2, 0.25) is 5.02 Å². The topological polar surface area (TPSA) is 52.9 Å². The lowest BCUT2D eigenvalue weighted by Gasteiger charge is -2.32. The van der Waals surface area contributed by atoms with Crippen molar-refractivity contribution in [2.45, 2.75) is 13.3 Å². The summed E-state index contributed by atoms with van der Waals surface area (Å²) in [5.74, 6) is -0.129. The van der Waals surface area contributed by atoms with Crippen molar-refractivity contribution in [3.63, 3.8) is 0 Å². The van der Waals surface area contributed by atoms with Crippen LogP contribution in [0.3, 0.4) is 0 Å². The first-order chi connectivity index (χ1) is 10.6. The van der Waals surface area contributed by atoms with Gasteiger partial charge in [0.05, 0.1) is 10.7 Å². The summed E-state index contributed by atoms with van der Waals surface area (Å²) in [4.78, 5) is 19.4. The molecule has 2 aromatic heterocycles. The van der Waals surface area contributed by atoms with Crippen LogP contribution in [0.25, 0.3) is 5.65 Å². The number of aryl methyl sites for hydroxylation is 1. The van der Waals surface area contributed by atoms with Crippen LogP contribution in [-0.2, 0) is 6.42 Å². The molecule has 0 aromatic carbocycles. The van der Waals surface area contributed by atoms with Gasteiger partial charge in [0.1, 0.15) is 11.3 Å². The zero-order valence-corrected chi connectivity index (χ0v) is 13.6. The number of carbonyl (C=O) groups is 1. The number of rotatable bonds is 3. The number of amides is 1. The molecule has 0 saturated carbocycles. The monoisotopic (exact) mass is 321 g/mol. The van der Waals surface area contributed by atoms with E-state index >= 15 is 0 Å². The molecule has 3 heterocycles. The second-order valence-electron chi connectivity index (χ2n) is 5.57. The van der Waals surface area contributed by atoms with Gasteiger partial charge in [-0.3, -0.25) is 14.6 Å². The maximum atomic E-state index is 12.7. The van der Waals surface area contributed by atoms with Gasteiger partial charge in [-0.05, 0) is 25.6 Å². The van der Waals surface area contributed by atoms with Crippen LogP contribution in [0, 0.1) is 0 Å². The van der Waals surface area contributed by atoms with Gasteiger partial charge < -0.3 is 4.90 Å². The fourth-order valence-electron chi connectivity index (χ4n) is 2.67. The molecule has 1 aliphatic heterocycles. The van der Waals surface area contributed by atoms with E-state index in [2.05, 4.69) is 22.4 Å². The van der Waals surface area contributed by atoms with E-state index < -0.39 is 0 Å². The molecule has 1 aliphatic rings. The van der Waals surface area contributed by atoms with Gasteiger partial charge in [0.2, 0.25) is 0 Å². The Morgan fingerprint density at radius 1 is 1.32 bits per heavy atom. The number of piperazine rings is 1. The Bertz CT molecular complexity index is 691. The van der Waals surface area contributed by atoms with Crippen molar-refractivity contribution >= 4 is 23.2 Å². The minimum absolute atomic E-state index is 0.129. The molecule has 2 aromatic rings. The maximum Gasteiger partial charge on any atom is 0.284 e. The molecule has 0 bridgehead atoms. The highest BCUT2D eigenvalue weighted by atomic mass is 35.5. The summed E-state index contributed by atoms with van der Waals surface area (Å²) in [6.45, 7) is 5.53. The van der Waals surface area contributed by atoms with Crippen LogP contribution in [0.1, 0.15) is 23.1 Å². The van der Waals surface area contributed by atoms with E-state index in [1.807, 2.05) is 18.0 Å². The van der Waals surface area contributed by atoms with Gasteiger partial charge >= 0.3 is 0 Å². The number of hydrogen-bond donors (Lipinski definition) is 1. The van der Waals surface area contributed by atoms with E-state index in [9.17, 15) is 4.79 Å². The molecule has 1 fully saturated rings. The Morgan fingerprint density at radius 3 is 2.73 bits per heavy atom. The summed E-state index contributed by atoms with van der Waals surface area (Å²) >= 11 is 6.06. The first-order valence-corrected chi connectivity index (χ1v) is 7.87. The lowest BCUT2D eigenvalue weighted by Crippen LogP contribution is -2.52. The number of imidazole rings is 1. The largest absolute Gasteiger partial charge is 0.304 e. The summed E-state index contributed by atoms with van der Waals surface area (Å²) < 4.78 is 1.77. The number of pyridine rings is 1. The molecule has 1 saturated heterocycles. The van der Waals surface area contributed by atoms with Gasteiger partial charge in [-0.2, -0.15) is 0 Å². The lowest BCUT2D eigenvalue weighted by molar-refractivity contribution is 0.0656. The van der Waals surface area contributed by atoms with Gasteiger partial charge in [-0.15, -0.1) is 0 Å². The quantitative estimate of drug-likeness (QED) is 0.929. The molecule has 1 N–H and O–H groups in total. The molecule has 0 aliphatic carbocycles. The Balaban J connectivity index is 1.88. The van der Waals surface area contributed by atoms with Gasteiger partial charge in [0.25, 0.3) is 5.91 Å². The number of hydrogen-bond acceptors (Lipinski definition) is 4. The number of fused-ring (bicyclic) bond motifs is 1. The Hall–Kier alpha value is -1.63. The van der Waals surface area contributed by atoms with Crippen LogP contribution in [0.4, 0.5) is 0 Å². The molecule has 118 valence electrons. The van der Waals surface area contributed by atoms with Crippen molar-refractivity contribution in [3.05, 3.63) is 34.7 Å². The fourth-order valence-corrected chi connectivity index (χ4v) is 2.83. The van der Waals surface area contributed by atoms with E-state index in [1.165, 1.54) is 0 Å². The molecule has 0 spiro atoms. The minimum Gasteiger partial charge on any atom is -0.304 e. The third kappa shape index (κ3) is 2.95. The molecule has 1 amide bonds. The maximum absolute atomic E-state index is 12.7. The first-order valence-electron chi connectivity index (χ1n) is 7.49. The highest BCUT2D eigenvalue weighted by Crippen LogP contribution is 2.17. The SMILES string of the molecule is CCc1nc2ccc(Cl)cn2c1C(=O)NN1CCN(C)CC1. The van der Waals surface area contributed by atoms with Gasteiger partial charge in [-0.25, -0.2) is 9.99 Å². The predicted molar refractivity (Wildman–Crippen MR) is 86.1 cm³/mol. The molecule has 0 atom stereocenters. The molecule has 6 nitrogen and oxygen atoms in total. The van der Waals surface area contributed by atoms with Crippen molar-refractivity contribution in [3.8, 4) is 0 Å². The number of carbonyl (C=O) groups excluding carboxylic acids is 1. The van der Waals surface area contributed by atoms with E-state index in [4.69, 9.17) is 11.6 Å². The second kappa shape index (κ2) is 6.24. The number of nitrogens with zero attached hydrogens (tertiary/aromatic N) is 4. The Labute approximate surface area is 134 Å². The summed E-state index contributed by atoms with van der Waals surface area (Å²) in [5, 5.41) is 2.55. The average Bonchev–Trinajstić information content (AvgIpc) is 2.87. The summed E-state index contributed by atoms with van der Waals surface area (Å²) in [6, 6.07) is 3.61. The van der Waals surface area contributed by atoms with Crippen molar-refractivity contribution < 1.29 is 4.79 Å². The van der Waals surface area contributed by atoms with Crippen LogP contribution < -0.4 is 5.43 Å². The molecule has 0 radical (unpaired) electrons. The van der Waals surface area contributed by atoms with Crippen molar-refractivity contribution in [2.75, 3.05) is 33.2 Å². The van der Waals surface area contributed by atoms with E-state index in [0.29, 0.717) is 17.1 Å². The predicted octanol–water partition coefficient (Wildman–Crippen LogP) is 1.44. The lowest BCUT2D eigenvalue weighted by atomic mass is 10.2. The van der Waals surface area contributed by atoms with Gasteiger partial charge in [-0.1, -0.05) is 18.5 Å². The average molecular weight is 322 g/mol. The number of hydrazine groups is 1. The second-order valence-corrected chi connectivity index (χ2v) is 6.00. The van der Waals surface area contributed by atoms with Gasteiger partial charge in [0.15, 0.2) is 0 Å². The molecule has 3 rings (SSSR count). The molecule has 0 unspecified atom stereocenters. The number of nitrogens with one attached hydrogen (secondary N) is 1. The number of halogens is 1. The van der Waals surface area contributed by atoms with Crippen molar-refractivity contribution in [2.24, 2.45) is 0 Å². The molecule has 22 heavy (non-hydrogen) atoms. The first kappa shape index (κ1) is 15.3. The fraction of sp³-hybridized carbons (Fsp3) is 0.467. The third-order valence-electron chi connectivity index (χ3n) is 3.97. The number of aromatic nitrogens is 2. The van der Waals surface area contributed by atoms with E-state index in [-0.39, 0.29) is 5.91 Å². The van der Waals surface area contributed by atoms with Crippen molar-refractivity contribution in [1.29, 1.82) is 0 Å². The third-order valence-corrected chi connectivity index (χ3v) is 4.19.